The lowest BCUT2D eigenvalue weighted by atomic mass is 10.2. The van der Waals surface area contributed by atoms with Gasteiger partial charge in [-0.25, -0.2) is 4.99 Å². The molecule has 3 nitrogen and oxygen atoms in total. The number of carbonyl (C=O) groups is 1. The number of carbonyl (C=O) groups excluding carboxylic acids is 1. The molecule has 144 valence electrons. The van der Waals surface area contributed by atoms with E-state index in [-0.39, 0.29) is 5.91 Å². The van der Waals surface area contributed by atoms with E-state index < -0.39 is 0 Å². The van der Waals surface area contributed by atoms with Crippen molar-refractivity contribution in [2.45, 2.75) is 0 Å². The van der Waals surface area contributed by atoms with Crippen LogP contribution in [0.2, 0.25) is 15.1 Å². The van der Waals surface area contributed by atoms with Gasteiger partial charge in [-0.05, 0) is 78.0 Å². The SMILES string of the molecule is O=C1/C(=C\c2ccccc2Cl)SC(=Nc2ccc(Cl)cc2)N1c1ccc(Cl)cc1. The summed E-state index contributed by atoms with van der Waals surface area (Å²) in [5.41, 5.74) is 2.15. The summed E-state index contributed by atoms with van der Waals surface area (Å²) in [6.45, 7) is 0. The van der Waals surface area contributed by atoms with Crippen molar-refractivity contribution in [2.75, 3.05) is 4.90 Å². The molecule has 0 spiro atoms. The molecule has 3 aromatic carbocycles. The van der Waals surface area contributed by atoms with Gasteiger partial charge in [0, 0.05) is 15.1 Å². The first-order valence-electron chi connectivity index (χ1n) is 8.59. The largest absolute Gasteiger partial charge is 0.271 e. The van der Waals surface area contributed by atoms with Crippen LogP contribution >= 0.6 is 46.6 Å². The predicted octanol–water partition coefficient (Wildman–Crippen LogP) is 7.46. The van der Waals surface area contributed by atoms with E-state index in [2.05, 4.69) is 4.99 Å². The fourth-order valence-electron chi connectivity index (χ4n) is 2.73. The normalized spacial score (nSPS) is 16.8. The zero-order chi connectivity index (χ0) is 20.4. The molecule has 0 saturated carbocycles. The lowest BCUT2D eigenvalue weighted by Gasteiger charge is -2.15. The summed E-state index contributed by atoms with van der Waals surface area (Å²) in [5.74, 6) is -0.176. The van der Waals surface area contributed by atoms with Gasteiger partial charge in [-0.15, -0.1) is 0 Å². The Hall–Kier alpha value is -2.24. The van der Waals surface area contributed by atoms with Gasteiger partial charge in [0.25, 0.3) is 5.91 Å². The number of amides is 1. The average molecular weight is 460 g/mol. The molecule has 0 N–H and O–H groups in total. The number of anilines is 1. The van der Waals surface area contributed by atoms with Crippen LogP contribution in [0.3, 0.4) is 0 Å². The standard InChI is InChI=1S/C22H13Cl3N2OS/c23-15-5-9-17(10-6-15)26-22-27(18-11-7-16(24)8-12-18)21(28)20(29-22)13-14-3-1-2-4-19(14)25/h1-13H/b20-13+,26-22?. The molecule has 0 aliphatic carbocycles. The maximum absolute atomic E-state index is 13.2. The van der Waals surface area contributed by atoms with Crippen LogP contribution in [-0.2, 0) is 4.79 Å². The zero-order valence-corrected chi connectivity index (χ0v) is 17.9. The Labute approximate surface area is 187 Å². The second-order valence-corrected chi connectivity index (χ2v) is 8.41. The first-order chi connectivity index (χ1) is 14.0. The molecule has 3 aromatic rings. The van der Waals surface area contributed by atoms with Gasteiger partial charge in [0.15, 0.2) is 5.17 Å². The number of nitrogens with zero attached hydrogens (tertiary/aromatic N) is 2. The molecule has 1 saturated heterocycles. The predicted molar refractivity (Wildman–Crippen MR) is 125 cm³/mol. The second-order valence-electron chi connectivity index (χ2n) is 6.12. The molecule has 29 heavy (non-hydrogen) atoms. The Morgan fingerprint density at radius 1 is 0.828 bits per heavy atom. The highest BCUT2D eigenvalue weighted by atomic mass is 35.5. The average Bonchev–Trinajstić information content (AvgIpc) is 3.01. The molecule has 1 fully saturated rings. The maximum Gasteiger partial charge on any atom is 0.271 e. The Morgan fingerprint density at radius 3 is 2.10 bits per heavy atom. The highest BCUT2D eigenvalue weighted by Crippen LogP contribution is 2.38. The van der Waals surface area contributed by atoms with Gasteiger partial charge in [-0.3, -0.25) is 9.69 Å². The second kappa shape index (κ2) is 8.64. The first-order valence-corrected chi connectivity index (χ1v) is 10.5. The van der Waals surface area contributed by atoms with Crippen LogP contribution in [0.1, 0.15) is 5.56 Å². The van der Waals surface area contributed by atoms with Gasteiger partial charge in [0.05, 0.1) is 16.3 Å². The van der Waals surface area contributed by atoms with Crippen molar-refractivity contribution >= 4 is 75.1 Å². The summed E-state index contributed by atoms with van der Waals surface area (Å²) in [4.78, 5) is 20.0. The highest BCUT2D eigenvalue weighted by molar-refractivity contribution is 8.19. The molecule has 4 rings (SSSR count). The van der Waals surface area contributed by atoms with Gasteiger partial charge < -0.3 is 0 Å². The van der Waals surface area contributed by atoms with Crippen molar-refractivity contribution in [2.24, 2.45) is 4.99 Å². The van der Waals surface area contributed by atoms with Crippen LogP contribution < -0.4 is 4.90 Å². The number of hydrogen-bond acceptors (Lipinski definition) is 3. The van der Waals surface area contributed by atoms with Gasteiger partial charge in [-0.1, -0.05) is 53.0 Å². The summed E-state index contributed by atoms with van der Waals surface area (Å²) >= 11 is 19.5. The van der Waals surface area contributed by atoms with Crippen LogP contribution in [0.4, 0.5) is 11.4 Å². The third-order valence-corrected chi connectivity index (χ3v) is 5.95. The van der Waals surface area contributed by atoms with Crippen LogP contribution in [0.5, 0.6) is 0 Å². The Kier molecular flexibility index (Phi) is 5.97. The van der Waals surface area contributed by atoms with Crippen molar-refractivity contribution in [1.29, 1.82) is 0 Å². The van der Waals surface area contributed by atoms with E-state index in [1.54, 1.807) is 65.6 Å². The Morgan fingerprint density at radius 2 is 1.45 bits per heavy atom. The molecule has 1 amide bonds. The van der Waals surface area contributed by atoms with E-state index in [9.17, 15) is 4.79 Å². The van der Waals surface area contributed by atoms with Crippen LogP contribution in [0, 0.1) is 0 Å². The zero-order valence-electron chi connectivity index (χ0n) is 14.9. The molecular weight excluding hydrogens is 447 g/mol. The van der Waals surface area contributed by atoms with Crippen molar-refractivity contribution in [3.8, 4) is 0 Å². The summed E-state index contributed by atoms with van der Waals surface area (Å²) in [6, 6.07) is 21.6. The molecule has 1 aliphatic heterocycles. The molecule has 0 radical (unpaired) electrons. The van der Waals surface area contributed by atoms with E-state index in [0.717, 1.165) is 5.56 Å². The summed E-state index contributed by atoms with van der Waals surface area (Å²) in [7, 11) is 0. The van der Waals surface area contributed by atoms with Crippen molar-refractivity contribution in [3.05, 3.63) is 98.3 Å². The third kappa shape index (κ3) is 4.51. The molecule has 0 atom stereocenters. The van der Waals surface area contributed by atoms with Crippen LogP contribution in [0.15, 0.2) is 82.7 Å². The minimum absolute atomic E-state index is 0.176. The van der Waals surface area contributed by atoms with Crippen molar-refractivity contribution in [3.63, 3.8) is 0 Å². The number of benzene rings is 3. The number of hydrogen-bond donors (Lipinski definition) is 0. The van der Waals surface area contributed by atoms with Gasteiger partial charge in [0.1, 0.15) is 0 Å². The fraction of sp³-hybridized carbons (Fsp3) is 0. The minimum Gasteiger partial charge on any atom is -0.268 e. The number of rotatable bonds is 3. The maximum atomic E-state index is 13.2. The number of aliphatic imine (C=N–C) groups is 1. The van der Waals surface area contributed by atoms with E-state index in [4.69, 9.17) is 34.8 Å². The molecule has 1 aliphatic rings. The smallest absolute Gasteiger partial charge is 0.268 e. The molecular formula is C22H13Cl3N2OS. The van der Waals surface area contributed by atoms with Gasteiger partial charge in [-0.2, -0.15) is 0 Å². The number of amidine groups is 1. The van der Waals surface area contributed by atoms with Crippen molar-refractivity contribution < 1.29 is 4.79 Å². The lowest BCUT2D eigenvalue weighted by molar-refractivity contribution is -0.113. The molecule has 0 bridgehead atoms. The van der Waals surface area contributed by atoms with E-state index in [1.165, 1.54) is 11.8 Å². The topological polar surface area (TPSA) is 32.7 Å². The third-order valence-electron chi connectivity index (χ3n) is 4.13. The monoisotopic (exact) mass is 458 g/mol. The van der Waals surface area contributed by atoms with Crippen molar-refractivity contribution in [1.82, 2.24) is 0 Å². The minimum atomic E-state index is -0.176. The van der Waals surface area contributed by atoms with E-state index in [1.807, 2.05) is 18.2 Å². The van der Waals surface area contributed by atoms with E-state index in [0.29, 0.717) is 36.5 Å². The molecule has 0 aromatic heterocycles. The molecule has 1 heterocycles. The van der Waals surface area contributed by atoms with Gasteiger partial charge in [0.2, 0.25) is 0 Å². The molecule has 0 unspecified atom stereocenters. The molecule has 7 heteroatoms. The Balaban J connectivity index is 1.78. The van der Waals surface area contributed by atoms with E-state index >= 15 is 0 Å². The fourth-order valence-corrected chi connectivity index (χ4v) is 4.16. The Bertz CT molecular complexity index is 1130. The van der Waals surface area contributed by atoms with Crippen LogP contribution in [-0.4, -0.2) is 11.1 Å². The summed E-state index contributed by atoms with van der Waals surface area (Å²) < 4.78 is 0. The number of halogens is 3. The van der Waals surface area contributed by atoms with Gasteiger partial charge >= 0.3 is 0 Å². The highest BCUT2D eigenvalue weighted by Gasteiger charge is 2.34. The number of thioether (sulfide) groups is 1. The van der Waals surface area contributed by atoms with Crippen LogP contribution in [0.25, 0.3) is 6.08 Å². The summed E-state index contributed by atoms with van der Waals surface area (Å²) in [6.07, 6.45) is 1.78. The quantitative estimate of drug-likeness (QED) is 0.381. The first kappa shape index (κ1) is 20.0. The lowest BCUT2D eigenvalue weighted by Crippen LogP contribution is -2.28. The summed E-state index contributed by atoms with van der Waals surface area (Å²) in [5, 5.41) is 2.33.